The smallest absolute Gasteiger partial charge is 0.188 e. The molecule has 1 aliphatic rings. The van der Waals surface area contributed by atoms with E-state index in [2.05, 4.69) is 30.5 Å². The molecule has 5 nitrogen and oxygen atoms in total. The van der Waals surface area contributed by atoms with Crippen LogP contribution in [-0.2, 0) is 6.54 Å². The zero-order valence-electron chi connectivity index (χ0n) is 12.4. The number of likely N-dealkylation sites (tertiary alicyclic amines) is 1. The maximum Gasteiger partial charge on any atom is 0.188 e. The molecule has 0 bridgehead atoms. The van der Waals surface area contributed by atoms with E-state index in [0.717, 1.165) is 36.2 Å². The Bertz CT molecular complexity index is 551. The Morgan fingerprint density at radius 2 is 2.09 bits per heavy atom. The van der Waals surface area contributed by atoms with Crippen molar-refractivity contribution in [3.8, 4) is 10.8 Å². The van der Waals surface area contributed by atoms with E-state index in [9.17, 15) is 0 Å². The van der Waals surface area contributed by atoms with Crippen molar-refractivity contribution in [2.24, 2.45) is 0 Å². The highest BCUT2D eigenvalue weighted by atomic mass is 35.5. The van der Waals surface area contributed by atoms with E-state index in [4.69, 9.17) is 0 Å². The molecule has 22 heavy (non-hydrogen) atoms. The summed E-state index contributed by atoms with van der Waals surface area (Å²) in [7, 11) is 2.04. The van der Waals surface area contributed by atoms with Gasteiger partial charge in [0.1, 0.15) is 0 Å². The van der Waals surface area contributed by atoms with Gasteiger partial charge in [0.05, 0.1) is 5.69 Å². The lowest BCUT2D eigenvalue weighted by atomic mass is 10.1. The number of hydrogen-bond donors (Lipinski definition) is 1. The Labute approximate surface area is 147 Å². The first-order valence-electron chi connectivity index (χ1n) is 6.96. The second-order valence-electron chi connectivity index (χ2n) is 5.08. The van der Waals surface area contributed by atoms with Crippen molar-refractivity contribution in [1.29, 1.82) is 0 Å². The quantitative estimate of drug-likeness (QED) is 0.906. The fourth-order valence-corrected chi connectivity index (χ4v) is 3.31. The third kappa shape index (κ3) is 4.86. The van der Waals surface area contributed by atoms with E-state index >= 15 is 0 Å². The molecule has 2 aromatic heterocycles. The first-order valence-corrected chi connectivity index (χ1v) is 7.84. The van der Waals surface area contributed by atoms with Crippen molar-refractivity contribution in [3.05, 3.63) is 29.5 Å². The number of aromatic nitrogens is 3. The average molecular weight is 362 g/mol. The van der Waals surface area contributed by atoms with Crippen LogP contribution in [0.3, 0.4) is 0 Å². The van der Waals surface area contributed by atoms with E-state index in [1.165, 1.54) is 12.8 Å². The standard InChI is InChI=1S/C14H19N5S.2ClH/c1-15-11-4-2-7-19(8-11)9-12-10-20-14(18-12)13-16-5-3-6-17-13;;/h3,5-6,10-11,15H,2,4,7-9H2,1H3;2*1H. The maximum atomic E-state index is 4.66. The van der Waals surface area contributed by atoms with Crippen molar-refractivity contribution in [3.63, 3.8) is 0 Å². The summed E-state index contributed by atoms with van der Waals surface area (Å²) in [5.74, 6) is 0.718. The first-order chi connectivity index (χ1) is 9.85. The predicted molar refractivity (Wildman–Crippen MR) is 95.0 cm³/mol. The lowest BCUT2D eigenvalue weighted by Crippen LogP contribution is -2.43. The van der Waals surface area contributed by atoms with Crippen molar-refractivity contribution < 1.29 is 0 Å². The van der Waals surface area contributed by atoms with E-state index in [0.29, 0.717) is 6.04 Å². The summed E-state index contributed by atoms with van der Waals surface area (Å²) in [5, 5.41) is 6.40. The van der Waals surface area contributed by atoms with Crippen LogP contribution in [0.15, 0.2) is 23.8 Å². The topological polar surface area (TPSA) is 53.9 Å². The second-order valence-corrected chi connectivity index (χ2v) is 5.94. The molecule has 0 aromatic carbocycles. The molecule has 2 aromatic rings. The van der Waals surface area contributed by atoms with Crippen molar-refractivity contribution >= 4 is 36.2 Å². The minimum atomic E-state index is 0. The molecule has 1 N–H and O–H groups in total. The van der Waals surface area contributed by atoms with Crippen molar-refractivity contribution in [2.75, 3.05) is 20.1 Å². The highest BCUT2D eigenvalue weighted by Crippen LogP contribution is 2.21. The van der Waals surface area contributed by atoms with Gasteiger partial charge in [-0.3, -0.25) is 4.90 Å². The number of halogens is 2. The molecule has 0 amide bonds. The predicted octanol–water partition coefficient (Wildman–Crippen LogP) is 2.63. The van der Waals surface area contributed by atoms with E-state index < -0.39 is 0 Å². The second kappa shape index (κ2) is 9.37. The van der Waals surface area contributed by atoms with Gasteiger partial charge in [-0.15, -0.1) is 36.2 Å². The summed E-state index contributed by atoms with van der Waals surface area (Å²) in [6.45, 7) is 3.18. The van der Waals surface area contributed by atoms with Crippen molar-refractivity contribution in [2.45, 2.75) is 25.4 Å². The van der Waals surface area contributed by atoms with Gasteiger partial charge < -0.3 is 5.32 Å². The lowest BCUT2D eigenvalue weighted by molar-refractivity contribution is 0.186. The SMILES string of the molecule is CNC1CCCN(Cc2csc(-c3ncccn3)n2)C1.Cl.Cl. The lowest BCUT2D eigenvalue weighted by Gasteiger charge is -2.31. The number of thiazole rings is 1. The van der Waals surface area contributed by atoms with Gasteiger partial charge >= 0.3 is 0 Å². The third-order valence-corrected chi connectivity index (χ3v) is 4.50. The van der Waals surface area contributed by atoms with Gasteiger partial charge in [-0.05, 0) is 32.5 Å². The molecule has 1 fully saturated rings. The summed E-state index contributed by atoms with van der Waals surface area (Å²) in [6.07, 6.45) is 6.04. The van der Waals surface area contributed by atoms with Gasteiger partial charge in [0, 0.05) is 36.9 Å². The fraction of sp³-hybridized carbons (Fsp3) is 0.500. The summed E-state index contributed by atoms with van der Waals surface area (Å²) in [6, 6.07) is 2.43. The van der Waals surface area contributed by atoms with Crippen LogP contribution in [0.5, 0.6) is 0 Å². The summed E-state index contributed by atoms with van der Waals surface area (Å²) >= 11 is 1.62. The minimum Gasteiger partial charge on any atom is -0.316 e. The van der Waals surface area contributed by atoms with Crippen molar-refractivity contribution in [1.82, 2.24) is 25.2 Å². The number of nitrogens with one attached hydrogen (secondary N) is 1. The Morgan fingerprint density at radius 3 is 2.82 bits per heavy atom. The molecular weight excluding hydrogens is 341 g/mol. The zero-order valence-corrected chi connectivity index (χ0v) is 14.9. The normalized spacial score (nSPS) is 18.3. The monoisotopic (exact) mass is 361 g/mol. The van der Waals surface area contributed by atoms with Gasteiger partial charge in [-0.25, -0.2) is 15.0 Å². The van der Waals surface area contributed by atoms with Crippen LogP contribution in [0.25, 0.3) is 10.8 Å². The molecule has 3 heterocycles. The number of nitrogens with zero attached hydrogens (tertiary/aromatic N) is 4. The molecule has 3 rings (SSSR count). The number of hydrogen-bond acceptors (Lipinski definition) is 6. The molecule has 0 aliphatic carbocycles. The molecule has 122 valence electrons. The van der Waals surface area contributed by atoms with Crippen LogP contribution in [0, 0.1) is 0 Å². The highest BCUT2D eigenvalue weighted by molar-refractivity contribution is 7.13. The van der Waals surface area contributed by atoms with Crippen LogP contribution >= 0.6 is 36.2 Å². The van der Waals surface area contributed by atoms with E-state index in [1.807, 2.05) is 13.1 Å². The van der Waals surface area contributed by atoms with Gasteiger partial charge in [-0.1, -0.05) is 0 Å². The van der Waals surface area contributed by atoms with Gasteiger partial charge in [0.25, 0.3) is 0 Å². The fourth-order valence-electron chi connectivity index (χ4n) is 2.56. The molecule has 0 radical (unpaired) electrons. The van der Waals surface area contributed by atoms with Gasteiger partial charge in [0.2, 0.25) is 0 Å². The summed E-state index contributed by atoms with van der Waals surface area (Å²) < 4.78 is 0. The Kier molecular flexibility index (Phi) is 8.20. The molecular formula is C14H21Cl2N5S. The van der Waals surface area contributed by atoms with E-state index in [1.54, 1.807) is 23.7 Å². The molecule has 0 saturated carbocycles. The van der Waals surface area contributed by atoms with E-state index in [-0.39, 0.29) is 24.8 Å². The molecule has 0 spiro atoms. The highest BCUT2D eigenvalue weighted by Gasteiger charge is 2.19. The van der Waals surface area contributed by atoms with Crippen LogP contribution in [0.1, 0.15) is 18.5 Å². The van der Waals surface area contributed by atoms with Gasteiger partial charge in [-0.2, -0.15) is 0 Å². The zero-order chi connectivity index (χ0) is 13.8. The molecule has 8 heteroatoms. The summed E-state index contributed by atoms with van der Waals surface area (Å²) in [4.78, 5) is 15.6. The largest absolute Gasteiger partial charge is 0.316 e. The molecule has 1 aliphatic heterocycles. The third-order valence-electron chi connectivity index (χ3n) is 3.61. The molecule has 1 atom stereocenters. The molecule has 1 saturated heterocycles. The Balaban J connectivity index is 0.00000121. The van der Waals surface area contributed by atoms with Crippen LogP contribution in [0.2, 0.25) is 0 Å². The van der Waals surface area contributed by atoms with Crippen LogP contribution in [-0.4, -0.2) is 46.0 Å². The Hall–Kier alpha value is -0.790. The maximum absolute atomic E-state index is 4.66. The number of rotatable bonds is 4. The Morgan fingerprint density at radius 1 is 1.32 bits per heavy atom. The summed E-state index contributed by atoms with van der Waals surface area (Å²) in [5.41, 5.74) is 1.12. The van der Waals surface area contributed by atoms with Crippen LogP contribution in [0.4, 0.5) is 0 Å². The average Bonchev–Trinajstić information content (AvgIpc) is 2.97. The minimum absolute atomic E-state index is 0. The van der Waals surface area contributed by atoms with Gasteiger partial charge in [0.15, 0.2) is 10.8 Å². The van der Waals surface area contributed by atoms with Crippen LogP contribution < -0.4 is 5.32 Å². The molecule has 1 unspecified atom stereocenters. The first kappa shape index (κ1) is 19.3. The number of piperidine rings is 1. The number of likely N-dealkylation sites (N-methyl/N-ethyl adjacent to an activating group) is 1.